The molecule has 0 bridgehead atoms. The van der Waals surface area contributed by atoms with E-state index in [-0.39, 0.29) is 13.0 Å². The number of carbonyl (C=O) groups is 1. The summed E-state index contributed by atoms with van der Waals surface area (Å²) in [6.45, 7) is 3.48. The van der Waals surface area contributed by atoms with Gasteiger partial charge in [-0.25, -0.2) is 4.79 Å². The number of carbonyl (C=O) groups excluding carboxylic acids is 1. The molecule has 0 aromatic heterocycles. The minimum absolute atomic E-state index is 0.0698. The van der Waals surface area contributed by atoms with Crippen LogP contribution in [0.3, 0.4) is 0 Å². The van der Waals surface area contributed by atoms with Gasteiger partial charge in [0.1, 0.15) is 6.10 Å². The fraction of sp³-hybridized carbons (Fsp3) is 0.929. The molecule has 0 aliphatic carbocycles. The fourth-order valence-electron chi connectivity index (χ4n) is 1.84. The molecule has 1 N–H and O–H groups in total. The van der Waals surface area contributed by atoms with Crippen molar-refractivity contribution in [2.75, 3.05) is 6.61 Å². The van der Waals surface area contributed by atoms with E-state index >= 15 is 0 Å². The molecule has 19 heavy (non-hydrogen) atoms. The third-order valence-corrected chi connectivity index (χ3v) is 3.05. The number of hydrogen-bond acceptors (Lipinski definition) is 3. The maximum Gasteiger partial charge on any atom is 0.379 e. The highest BCUT2D eigenvalue weighted by atomic mass is 19.3. The van der Waals surface area contributed by atoms with E-state index in [0.29, 0.717) is 6.42 Å². The third kappa shape index (κ3) is 7.45. The van der Waals surface area contributed by atoms with Crippen molar-refractivity contribution in [1.29, 1.82) is 0 Å². The van der Waals surface area contributed by atoms with Gasteiger partial charge in [0, 0.05) is 0 Å². The standard InChI is InChI=1S/C14H26F2O3/c1-3-5-6-7-8-9-10-11-12(17)14(15,16)13(18)19-4-2/h12,17H,3-11H2,1-2H3. The summed E-state index contributed by atoms with van der Waals surface area (Å²) in [6, 6.07) is 0. The van der Waals surface area contributed by atoms with Crippen molar-refractivity contribution in [1.82, 2.24) is 0 Å². The highest BCUT2D eigenvalue weighted by molar-refractivity contribution is 5.78. The maximum atomic E-state index is 13.3. The first-order chi connectivity index (χ1) is 8.96. The van der Waals surface area contributed by atoms with E-state index in [1.54, 1.807) is 0 Å². The van der Waals surface area contributed by atoms with Gasteiger partial charge in [-0.2, -0.15) is 8.78 Å². The Balaban J connectivity index is 3.78. The minimum atomic E-state index is -3.79. The molecule has 3 nitrogen and oxygen atoms in total. The summed E-state index contributed by atoms with van der Waals surface area (Å²) in [4.78, 5) is 11.0. The van der Waals surface area contributed by atoms with Crippen molar-refractivity contribution in [3.63, 3.8) is 0 Å². The van der Waals surface area contributed by atoms with Crippen LogP contribution in [0.1, 0.15) is 65.2 Å². The van der Waals surface area contributed by atoms with E-state index in [9.17, 15) is 18.7 Å². The number of ether oxygens (including phenoxy) is 1. The predicted octanol–water partition coefficient (Wildman–Crippen LogP) is 3.69. The Morgan fingerprint density at radius 1 is 1.11 bits per heavy atom. The summed E-state index contributed by atoms with van der Waals surface area (Å²) >= 11 is 0. The van der Waals surface area contributed by atoms with Crippen LogP contribution in [0.4, 0.5) is 8.78 Å². The molecule has 0 spiro atoms. The average Bonchev–Trinajstić information content (AvgIpc) is 2.37. The molecule has 1 atom stereocenters. The Morgan fingerprint density at radius 3 is 2.16 bits per heavy atom. The number of aliphatic hydroxyl groups is 1. The van der Waals surface area contributed by atoms with Gasteiger partial charge in [0.25, 0.3) is 0 Å². The van der Waals surface area contributed by atoms with E-state index < -0.39 is 18.0 Å². The van der Waals surface area contributed by atoms with Crippen LogP contribution in [0.5, 0.6) is 0 Å². The van der Waals surface area contributed by atoms with E-state index in [4.69, 9.17) is 0 Å². The van der Waals surface area contributed by atoms with Gasteiger partial charge < -0.3 is 9.84 Å². The first kappa shape index (κ1) is 18.3. The second kappa shape index (κ2) is 10.1. The summed E-state index contributed by atoms with van der Waals surface area (Å²) in [5.74, 6) is -5.43. The van der Waals surface area contributed by atoms with E-state index in [1.807, 2.05) is 0 Å². The van der Waals surface area contributed by atoms with Gasteiger partial charge in [-0.05, 0) is 13.3 Å². The first-order valence-electron chi connectivity index (χ1n) is 7.19. The molecule has 114 valence electrons. The largest absolute Gasteiger partial charge is 0.461 e. The lowest BCUT2D eigenvalue weighted by molar-refractivity contribution is -0.188. The molecule has 5 heteroatoms. The zero-order chi connectivity index (χ0) is 14.7. The Morgan fingerprint density at radius 2 is 1.63 bits per heavy atom. The topological polar surface area (TPSA) is 46.5 Å². The lowest BCUT2D eigenvalue weighted by Crippen LogP contribution is -2.42. The van der Waals surface area contributed by atoms with Gasteiger partial charge in [-0.1, -0.05) is 51.9 Å². The summed E-state index contributed by atoms with van der Waals surface area (Å²) in [7, 11) is 0. The van der Waals surface area contributed by atoms with Crippen molar-refractivity contribution in [2.24, 2.45) is 0 Å². The molecule has 0 amide bonds. The molecule has 0 aliphatic heterocycles. The second-order valence-electron chi connectivity index (χ2n) is 4.77. The zero-order valence-corrected chi connectivity index (χ0v) is 12.0. The lowest BCUT2D eigenvalue weighted by atomic mass is 10.0. The van der Waals surface area contributed by atoms with Crippen LogP contribution in [0.2, 0.25) is 0 Å². The van der Waals surface area contributed by atoms with Crippen LogP contribution < -0.4 is 0 Å². The van der Waals surface area contributed by atoms with E-state index in [2.05, 4.69) is 11.7 Å². The molecule has 0 saturated carbocycles. The van der Waals surface area contributed by atoms with Crippen molar-refractivity contribution in [3.8, 4) is 0 Å². The van der Waals surface area contributed by atoms with Gasteiger partial charge in [-0.3, -0.25) is 0 Å². The smallest absolute Gasteiger partial charge is 0.379 e. The van der Waals surface area contributed by atoms with Crippen LogP contribution >= 0.6 is 0 Å². The van der Waals surface area contributed by atoms with Crippen molar-refractivity contribution in [3.05, 3.63) is 0 Å². The number of rotatable bonds is 11. The summed E-state index contributed by atoms with van der Waals surface area (Å²) < 4.78 is 30.9. The zero-order valence-electron chi connectivity index (χ0n) is 12.0. The minimum Gasteiger partial charge on any atom is -0.461 e. The molecule has 0 fully saturated rings. The summed E-state index contributed by atoms with van der Waals surface area (Å²) in [5, 5.41) is 9.36. The Hall–Kier alpha value is -0.710. The van der Waals surface area contributed by atoms with Crippen LogP contribution in [0.15, 0.2) is 0 Å². The number of alkyl halides is 2. The quantitative estimate of drug-likeness (QED) is 0.464. The van der Waals surface area contributed by atoms with Gasteiger partial charge in [-0.15, -0.1) is 0 Å². The van der Waals surface area contributed by atoms with Crippen LogP contribution in [0.25, 0.3) is 0 Å². The van der Waals surface area contributed by atoms with Gasteiger partial charge in [0.05, 0.1) is 6.61 Å². The molecule has 0 saturated heterocycles. The van der Waals surface area contributed by atoms with Crippen molar-refractivity contribution < 1.29 is 23.4 Å². The molecular weight excluding hydrogens is 254 g/mol. The molecule has 0 aliphatic rings. The van der Waals surface area contributed by atoms with Crippen LogP contribution in [-0.4, -0.2) is 29.7 Å². The first-order valence-corrected chi connectivity index (χ1v) is 7.19. The molecule has 0 aromatic carbocycles. The van der Waals surface area contributed by atoms with Gasteiger partial charge in [0.2, 0.25) is 0 Å². The number of halogens is 2. The molecule has 0 aromatic rings. The van der Waals surface area contributed by atoms with Crippen LogP contribution in [-0.2, 0) is 9.53 Å². The summed E-state index contributed by atoms with van der Waals surface area (Å²) in [6.07, 6.45) is 4.91. The third-order valence-electron chi connectivity index (χ3n) is 3.05. The highest BCUT2D eigenvalue weighted by Gasteiger charge is 2.47. The predicted molar refractivity (Wildman–Crippen MR) is 70.2 cm³/mol. The number of unbranched alkanes of at least 4 members (excludes halogenated alkanes) is 6. The maximum absolute atomic E-state index is 13.3. The lowest BCUT2D eigenvalue weighted by Gasteiger charge is -2.20. The van der Waals surface area contributed by atoms with Crippen LogP contribution in [0, 0.1) is 0 Å². The second-order valence-corrected chi connectivity index (χ2v) is 4.77. The molecular formula is C14H26F2O3. The van der Waals surface area contributed by atoms with E-state index in [0.717, 1.165) is 25.7 Å². The Labute approximate surface area is 114 Å². The number of esters is 1. The Bertz CT molecular complexity index is 245. The van der Waals surface area contributed by atoms with E-state index in [1.165, 1.54) is 19.8 Å². The highest BCUT2D eigenvalue weighted by Crippen LogP contribution is 2.24. The average molecular weight is 280 g/mol. The summed E-state index contributed by atoms with van der Waals surface area (Å²) in [5.41, 5.74) is 0. The van der Waals surface area contributed by atoms with Gasteiger partial charge >= 0.3 is 11.9 Å². The molecule has 0 rings (SSSR count). The molecule has 1 unspecified atom stereocenters. The van der Waals surface area contributed by atoms with Crippen molar-refractivity contribution in [2.45, 2.75) is 77.2 Å². The number of hydrogen-bond donors (Lipinski definition) is 1. The normalized spacial score (nSPS) is 13.3. The van der Waals surface area contributed by atoms with Crippen molar-refractivity contribution >= 4 is 5.97 Å². The van der Waals surface area contributed by atoms with Gasteiger partial charge in [0.15, 0.2) is 0 Å². The monoisotopic (exact) mass is 280 g/mol. The Kier molecular flexibility index (Phi) is 9.74. The fourth-order valence-corrected chi connectivity index (χ4v) is 1.84. The number of aliphatic hydroxyl groups excluding tert-OH is 1. The molecule has 0 heterocycles. The SMILES string of the molecule is CCCCCCCCCC(O)C(F)(F)C(=O)OCC. The molecule has 0 radical (unpaired) electrons.